The standard InChI is InChI=1S/C18H20F2N4O.HI/c19-17(20)25-14-9-8-13(22-11-14)10-23-18(21)24-16-7-3-5-12-4-1-2-6-15(12)16;/h3,5,7-9,11,17H,1-2,4,6,10H2,(H3,21,23,24);1H. The van der Waals surface area contributed by atoms with Crippen LogP contribution in [-0.4, -0.2) is 17.6 Å². The minimum atomic E-state index is -2.86. The van der Waals surface area contributed by atoms with E-state index in [2.05, 4.69) is 26.1 Å². The van der Waals surface area contributed by atoms with Crippen LogP contribution in [0, 0.1) is 0 Å². The highest BCUT2D eigenvalue weighted by molar-refractivity contribution is 14.0. The number of benzene rings is 1. The molecule has 0 fully saturated rings. The summed E-state index contributed by atoms with van der Waals surface area (Å²) >= 11 is 0. The zero-order chi connectivity index (χ0) is 17.6. The molecule has 0 radical (unpaired) electrons. The van der Waals surface area contributed by atoms with Gasteiger partial charge in [0.1, 0.15) is 5.75 Å². The molecule has 0 saturated heterocycles. The Bertz CT molecular complexity index is 753. The average molecular weight is 474 g/mol. The summed E-state index contributed by atoms with van der Waals surface area (Å²) in [6, 6.07) is 9.18. The van der Waals surface area contributed by atoms with Gasteiger partial charge in [0, 0.05) is 5.69 Å². The molecule has 1 aromatic carbocycles. The van der Waals surface area contributed by atoms with Crippen LogP contribution in [0.4, 0.5) is 14.5 Å². The fraction of sp³-hybridized carbons (Fsp3) is 0.333. The van der Waals surface area contributed by atoms with Crippen molar-refractivity contribution in [1.82, 2.24) is 4.98 Å². The van der Waals surface area contributed by atoms with Crippen molar-refractivity contribution >= 4 is 35.6 Å². The molecule has 1 aromatic heterocycles. The van der Waals surface area contributed by atoms with Crippen molar-refractivity contribution in [3.8, 4) is 5.75 Å². The zero-order valence-corrected chi connectivity index (χ0v) is 16.5. The first-order valence-corrected chi connectivity index (χ1v) is 8.19. The second kappa shape index (κ2) is 9.65. The summed E-state index contributed by atoms with van der Waals surface area (Å²) in [7, 11) is 0. The Morgan fingerprint density at radius 1 is 1.23 bits per heavy atom. The van der Waals surface area contributed by atoms with E-state index in [1.54, 1.807) is 6.07 Å². The fourth-order valence-corrected chi connectivity index (χ4v) is 2.92. The third-order valence-corrected chi connectivity index (χ3v) is 4.09. The molecule has 0 amide bonds. The summed E-state index contributed by atoms with van der Waals surface area (Å²) < 4.78 is 28.5. The van der Waals surface area contributed by atoms with Gasteiger partial charge in [-0.15, -0.1) is 24.0 Å². The molecule has 3 rings (SSSR count). The van der Waals surface area contributed by atoms with Gasteiger partial charge in [-0.05, 0) is 55.0 Å². The van der Waals surface area contributed by atoms with Gasteiger partial charge < -0.3 is 15.8 Å². The molecule has 0 bridgehead atoms. The van der Waals surface area contributed by atoms with Crippen LogP contribution in [0.5, 0.6) is 5.75 Å². The normalized spacial score (nSPS) is 13.7. The van der Waals surface area contributed by atoms with Gasteiger partial charge in [0.2, 0.25) is 0 Å². The lowest BCUT2D eigenvalue weighted by Gasteiger charge is -2.19. The lowest BCUT2D eigenvalue weighted by Crippen LogP contribution is -2.24. The summed E-state index contributed by atoms with van der Waals surface area (Å²) in [4.78, 5) is 8.29. The Hall–Kier alpha value is -1.97. The van der Waals surface area contributed by atoms with Crippen molar-refractivity contribution in [2.24, 2.45) is 10.7 Å². The summed E-state index contributed by atoms with van der Waals surface area (Å²) in [5, 5.41) is 3.15. The van der Waals surface area contributed by atoms with E-state index in [-0.39, 0.29) is 36.3 Å². The smallest absolute Gasteiger partial charge is 0.387 e. The predicted molar refractivity (Wildman–Crippen MR) is 108 cm³/mol. The van der Waals surface area contributed by atoms with Crippen LogP contribution in [-0.2, 0) is 19.4 Å². The van der Waals surface area contributed by atoms with Gasteiger partial charge in [-0.1, -0.05) is 12.1 Å². The van der Waals surface area contributed by atoms with Gasteiger partial charge in [-0.2, -0.15) is 8.78 Å². The SMILES string of the molecule is I.NC(=NCc1ccc(OC(F)F)cn1)Nc1cccc2c1CCCC2. The van der Waals surface area contributed by atoms with Gasteiger partial charge >= 0.3 is 6.61 Å². The number of hydrogen-bond acceptors (Lipinski definition) is 3. The predicted octanol–water partition coefficient (Wildman–Crippen LogP) is 4.11. The lowest BCUT2D eigenvalue weighted by atomic mass is 9.90. The molecule has 2 aromatic rings. The van der Waals surface area contributed by atoms with Gasteiger partial charge in [-0.25, -0.2) is 4.99 Å². The van der Waals surface area contributed by atoms with Crippen LogP contribution in [0.15, 0.2) is 41.5 Å². The van der Waals surface area contributed by atoms with Gasteiger partial charge in [0.25, 0.3) is 0 Å². The largest absolute Gasteiger partial charge is 0.433 e. The van der Waals surface area contributed by atoms with Gasteiger partial charge in [0.05, 0.1) is 18.4 Å². The third-order valence-electron chi connectivity index (χ3n) is 4.09. The first-order valence-electron chi connectivity index (χ1n) is 8.19. The minimum absolute atomic E-state index is 0. The zero-order valence-electron chi connectivity index (χ0n) is 14.1. The van der Waals surface area contributed by atoms with E-state index < -0.39 is 6.61 Å². The average Bonchev–Trinajstić information content (AvgIpc) is 2.61. The number of aromatic nitrogens is 1. The van der Waals surface area contributed by atoms with Crippen molar-refractivity contribution in [3.05, 3.63) is 53.3 Å². The van der Waals surface area contributed by atoms with Crippen molar-refractivity contribution in [1.29, 1.82) is 0 Å². The van der Waals surface area contributed by atoms with Crippen LogP contribution in [0.25, 0.3) is 0 Å². The van der Waals surface area contributed by atoms with Crippen LogP contribution in [0.1, 0.15) is 29.7 Å². The number of pyridine rings is 1. The topological polar surface area (TPSA) is 72.5 Å². The number of nitrogens with one attached hydrogen (secondary N) is 1. The summed E-state index contributed by atoms with van der Waals surface area (Å²) in [6.07, 6.45) is 5.78. The van der Waals surface area contributed by atoms with Crippen LogP contribution < -0.4 is 15.8 Å². The molecule has 0 atom stereocenters. The van der Waals surface area contributed by atoms with Crippen LogP contribution in [0.2, 0.25) is 0 Å². The Morgan fingerprint density at radius 2 is 2.04 bits per heavy atom. The highest BCUT2D eigenvalue weighted by Crippen LogP contribution is 2.27. The van der Waals surface area contributed by atoms with Gasteiger partial charge in [-0.3, -0.25) is 4.98 Å². The molecule has 1 aliphatic carbocycles. The van der Waals surface area contributed by atoms with Gasteiger partial charge in [0.15, 0.2) is 5.96 Å². The Kier molecular flexibility index (Phi) is 7.55. The molecule has 1 heterocycles. The number of rotatable bonds is 5. The molecule has 0 saturated carbocycles. The monoisotopic (exact) mass is 474 g/mol. The quantitative estimate of drug-likeness (QED) is 0.389. The van der Waals surface area contributed by atoms with Crippen molar-refractivity contribution < 1.29 is 13.5 Å². The Balaban J connectivity index is 0.00000243. The van der Waals surface area contributed by atoms with E-state index in [9.17, 15) is 8.78 Å². The molecule has 140 valence electrons. The van der Waals surface area contributed by atoms with Crippen LogP contribution in [0.3, 0.4) is 0 Å². The molecule has 26 heavy (non-hydrogen) atoms. The number of alkyl halides is 2. The summed E-state index contributed by atoms with van der Waals surface area (Å²) in [5.41, 5.74) is 10.2. The molecular weight excluding hydrogens is 453 g/mol. The molecule has 0 aliphatic heterocycles. The second-order valence-electron chi connectivity index (χ2n) is 5.84. The highest BCUT2D eigenvalue weighted by Gasteiger charge is 2.13. The maximum absolute atomic E-state index is 12.1. The van der Waals surface area contributed by atoms with Crippen LogP contribution >= 0.6 is 24.0 Å². The number of guanidine groups is 1. The second-order valence-corrected chi connectivity index (χ2v) is 5.84. The van der Waals surface area contributed by atoms with Crippen molar-refractivity contribution in [2.45, 2.75) is 38.8 Å². The van der Waals surface area contributed by atoms with E-state index >= 15 is 0 Å². The number of ether oxygens (including phenoxy) is 1. The number of aryl methyl sites for hydroxylation is 1. The van der Waals surface area contributed by atoms with E-state index in [4.69, 9.17) is 5.73 Å². The number of nitrogens with zero attached hydrogens (tertiary/aromatic N) is 2. The molecule has 8 heteroatoms. The first kappa shape index (κ1) is 20.3. The minimum Gasteiger partial charge on any atom is -0.433 e. The number of halogens is 3. The van der Waals surface area contributed by atoms with E-state index in [0.717, 1.165) is 18.5 Å². The van der Waals surface area contributed by atoms with E-state index in [1.807, 2.05) is 12.1 Å². The fourth-order valence-electron chi connectivity index (χ4n) is 2.92. The molecule has 3 N–H and O–H groups in total. The van der Waals surface area contributed by atoms with Crippen molar-refractivity contribution in [2.75, 3.05) is 5.32 Å². The Labute approximate surface area is 168 Å². The summed E-state index contributed by atoms with van der Waals surface area (Å²) in [6.45, 7) is -2.61. The molecule has 0 unspecified atom stereocenters. The number of anilines is 1. The molecular formula is C18H21F2IN4O. The lowest BCUT2D eigenvalue weighted by molar-refractivity contribution is -0.0500. The maximum atomic E-state index is 12.1. The first-order chi connectivity index (χ1) is 12.1. The highest BCUT2D eigenvalue weighted by atomic mass is 127. The molecule has 0 spiro atoms. The number of aliphatic imine (C=N–C) groups is 1. The number of hydrogen-bond donors (Lipinski definition) is 2. The molecule has 1 aliphatic rings. The number of fused-ring (bicyclic) bond motifs is 1. The van der Waals surface area contributed by atoms with Crippen molar-refractivity contribution in [3.63, 3.8) is 0 Å². The van der Waals surface area contributed by atoms with E-state index in [1.165, 1.54) is 36.2 Å². The summed E-state index contributed by atoms with van der Waals surface area (Å²) in [5.74, 6) is 0.318. The van der Waals surface area contributed by atoms with E-state index in [0.29, 0.717) is 11.7 Å². The maximum Gasteiger partial charge on any atom is 0.387 e. The number of nitrogens with two attached hydrogens (primary N) is 1. The Morgan fingerprint density at radius 3 is 2.77 bits per heavy atom. The molecule has 5 nitrogen and oxygen atoms in total. The third kappa shape index (κ3) is 5.52.